The fraction of sp³-hybridized carbons (Fsp3) is 0.565. The highest BCUT2D eigenvalue weighted by molar-refractivity contribution is 5.36. The molecular formula is C23H30F2. The van der Waals surface area contributed by atoms with Crippen LogP contribution in [0.3, 0.4) is 0 Å². The van der Waals surface area contributed by atoms with Gasteiger partial charge in [-0.1, -0.05) is 69.7 Å². The minimum atomic E-state index is -1.32. The van der Waals surface area contributed by atoms with Gasteiger partial charge < -0.3 is 0 Å². The SMILES string of the molecule is CCCCCC1CCC(C2(F)C=CC(c3cccc(F)c3)C=C2)CC1. The summed E-state index contributed by atoms with van der Waals surface area (Å²) in [5.41, 5.74) is -0.438. The smallest absolute Gasteiger partial charge is 0.150 e. The van der Waals surface area contributed by atoms with Crippen LogP contribution < -0.4 is 0 Å². The molecule has 1 saturated carbocycles. The lowest BCUT2D eigenvalue weighted by molar-refractivity contribution is 0.126. The molecule has 136 valence electrons. The molecule has 3 rings (SSSR count). The molecule has 0 nitrogen and oxygen atoms in total. The summed E-state index contributed by atoms with van der Waals surface area (Å²) in [4.78, 5) is 0. The van der Waals surface area contributed by atoms with E-state index in [1.165, 1.54) is 37.8 Å². The quantitative estimate of drug-likeness (QED) is 0.380. The van der Waals surface area contributed by atoms with Crippen molar-refractivity contribution in [2.24, 2.45) is 11.8 Å². The van der Waals surface area contributed by atoms with Gasteiger partial charge in [-0.3, -0.25) is 0 Å². The number of halogens is 2. The summed E-state index contributed by atoms with van der Waals surface area (Å²) in [6.45, 7) is 2.24. The predicted octanol–water partition coefficient (Wildman–Crippen LogP) is 7.13. The Morgan fingerprint density at radius 2 is 1.76 bits per heavy atom. The normalized spacial score (nSPS) is 32.0. The fourth-order valence-electron chi connectivity index (χ4n) is 4.41. The third kappa shape index (κ3) is 4.59. The standard InChI is InChI=1S/C23H30F2/c1-2-3-4-6-18-9-11-21(12-10-18)23(25)15-13-19(14-16-23)20-7-5-8-22(24)17-20/h5,7-8,13-19,21H,2-4,6,9-12H2,1H3. The molecule has 0 heterocycles. The number of unbranched alkanes of at least 4 members (excludes halogenated alkanes) is 2. The van der Waals surface area contributed by atoms with Crippen molar-refractivity contribution in [3.05, 3.63) is 60.0 Å². The van der Waals surface area contributed by atoms with Gasteiger partial charge in [0.1, 0.15) is 11.5 Å². The van der Waals surface area contributed by atoms with Crippen molar-refractivity contribution in [1.82, 2.24) is 0 Å². The molecule has 2 heteroatoms. The molecule has 1 aromatic rings. The summed E-state index contributed by atoms with van der Waals surface area (Å²) in [6.07, 6.45) is 16.8. The third-order valence-corrected chi connectivity index (χ3v) is 6.04. The Kier molecular flexibility index (Phi) is 6.09. The van der Waals surface area contributed by atoms with Crippen LogP contribution in [0.2, 0.25) is 0 Å². The Balaban J connectivity index is 1.56. The van der Waals surface area contributed by atoms with E-state index in [1.807, 2.05) is 18.2 Å². The van der Waals surface area contributed by atoms with Gasteiger partial charge in [-0.25, -0.2) is 8.78 Å². The average molecular weight is 344 g/mol. The highest BCUT2D eigenvalue weighted by Crippen LogP contribution is 2.43. The minimum Gasteiger partial charge on any atom is -0.234 e. The van der Waals surface area contributed by atoms with Crippen LogP contribution >= 0.6 is 0 Å². The van der Waals surface area contributed by atoms with Crippen LogP contribution in [0, 0.1) is 17.7 Å². The molecule has 0 bridgehead atoms. The lowest BCUT2D eigenvalue weighted by Gasteiger charge is -2.37. The Bertz CT molecular complexity index is 594. The largest absolute Gasteiger partial charge is 0.234 e. The van der Waals surface area contributed by atoms with E-state index >= 15 is 4.39 Å². The first-order valence-corrected chi connectivity index (χ1v) is 9.94. The molecule has 0 aromatic heterocycles. The minimum absolute atomic E-state index is 0.0232. The zero-order valence-electron chi connectivity index (χ0n) is 15.3. The van der Waals surface area contributed by atoms with Gasteiger partial charge in [0, 0.05) is 11.8 Å². The van der Waals surface area contributed by atoms with Gasteiger partial charge in [0.2, 0.25) is 0 Å². The summed E-state index contributed by atoms with van der Waals surface area (Å²) in [5.74, 6) is 0.626. The highest BCUT2D eigenvalue weighted by Gasteiger charge is 2.38. The molecule has 0 saturated heterocycles. The van der Waals surface area contributed by atoms with Crippen LogP contribution in [0.15, 0.2) is 48.6 Å². The molecule has 0 aliphatic heterocycles. The third-order valence-electron chi connectivity index (χ3n) is 6.04. The molecular weight excluding hydrogens is 314 g/mol. The fourth-order valence-corrected chi connectivity index (χ4v) is 4.41. The first-order chi connectivity index (χ1) is 12.1. The number of hydrogen-bond donors (Lipinski definition) is 0. The average Bonchev–Trinajstić information content (AvgIpc) is 2.63. The van der Waals surface area contributed by atoms with Crippen molar-refractivity contribution in [3.8, 4) is 0 Å². The lowest BCUT2D eigenvalue weighted by Crippen LogP contribution is -2.33. The molecule has 0 radical (unpaired) electrons. The van der Waals surface area contributed by atoms with Crippen LogP contribution in [0.4, 0.5) is 8.78 Å². The molecule has 0 spiro atoms. The molecule has 2 aliphatic rings. The molecule has 0 unspecified atom stereocenters. The van der Waals surface area contributed by atoms with Crippen LogP contribution in [-0.2, 0) is 0 Å². The number of allylic oxidation sites excluding steroid dienone is 4. The number of rotatable bonds is 6. The molecule has 0 amide bonds. The van der Waals surface area contributed by atoms with E-state index < -0.39 is 5.67 Å². The van der Waals surface area contributed by atoms with Gasteiger partial charge in [-0.05, 0) is 48.6 Å². The van der Waals surface area contributed by atoms with E-state index in [4.69, 9.17) is 0 Å². The van der Waals surface area contributed by atoms with E-state index in [-0.39, 0.29) is 17.7 Å². The Hall–Kier alpha value is -1.44. The second-order valence-electron chi connectivity index (χ2n) is 7.84. The molecule has 25 heavy (non-hydrogen) atoms. The molecule has 0 atom stereocenters. The number of benzene rings is 1. The number of hydrogen-bond acceptors (Lipinski definition) is 0. The summed E-state index contributed by atoms with van der Waals surface area (Å²) in [5, 5.41) is 0. The van der Waals surface area contributed by atoms with Crippen molar-refractivity contribution in [2.45, 2.75) is 69.9 Å². The van der Waals surface area contributed by atoms with Gasteiger partial charge in [0.25, 0.3) is 0 Å². The van der Waals surface area contributed by atoms with Crippen molar-refractivity contribution in [2.75, 3.05) is 0 Å². The van der Waals surface area contributed by atoms with Gasteiger partial charge in [0.05, 0.1) is 0 Å². The Morgan fingerprint density at radius 1 is 1.04 bits per heavy atom. The monoisotopic (exact) mass is 344 g/mol. The lowest BCUT2D eigenvalue weighted by atomic mass is 9.71. The van der Waals surface area contributed by atoms with Crippen LogP contribution in [0.25, 0.3) is 0 Å². The molecule has 1 fully saturated rings. The summed E-state index contributed by atoms with van der Waals surface area (Å²) in [7, 11) is 0. The molecule has 0 N–H and O–H groups in total. The van der Waals surface area contributed by atoms with Gasteiger partial charge in [-0.2, -0.15) is 0 Å². The van der Waals surface area contributed by atoms with Crippen molar-refractivity contribution >= 4 is 0 Å². The van der Waals surface area contributed by atoms with Crippen LogP contribution in [-0.4, -0.2) is 5.67 Å². The zero-order valence-corrected chi connectivity index (χ0v) is 15.3. The second-order valence-corrected chi connectivity index (χ2v) is 7.84. The maximum atomic E-state index is 15.4. The van der Waals surface area contributed by atoms with Gasteiger partial charge in [0.15, 0.2) is 0 Å². The van der Waals surface area contributed by atoms with E-state index in [2.05, 4.69) is 6.92 Å². The Morgan fingerprint density at radius 3 is 2.40 bits per heavy atom. The van der Waals surface area contributed by atoms with Gasteiger partial charge >= 0.3 is 0 Å². The highest BCUT2D eigenvalue weighted by atomic mass is 19.1. The topological polar surface area (TPSA) is 0 Å². The van der Waals surface area contributed by atoms with Crippen LogP contribution in [0.5, 0.6) is 0 Å². The maximum Gasteiger partial charge on any atom is 0.150 e. The second kappa shape index (κ2) is 8.29. The van der Waals surface area contributed by atoms with E-state index in [0.717, 1.165) is 37.2 Å². The summed E-state index contributed by atoms with van der Waals surface area (Å²) in [6, 6.07) is 6.59. The van der Waals surface area contributed by atoms with Gasteiger partial charge in [-0.15, -0.1) is 0 Å². The van der Waals surface area contributed by atoms with E-state index in [0.29, 0.717) is 0 Å². The first-order valence-electron chi connectivity index (χ1n) is 9.94. The predicted molar refractivity (Wildman–Crippen MR) is 101 cm³/mol. The molecule has 2 aliphatic carbocycles. The van der Waals surface area contributed by atoms with Crippen LogP contribution in [0.1, 0.15) is 69.8 Å². The Labute approximate surface area is 151 Å². The summed E-state index contributed by atoms with van der Waals surface area (Å²) < 4.78 is 28.8. The number of alkyl halides is 1. The maximum absolute atomic E-state index is 15.4. The molecule has 1 aromatic carbocycles. The van der Waals surface area contributed by atoms with Crippen molar-refractivity contribution in [3.63, 3.8) is 0 Å². The zero-order chi connectivity index (χ0) is 17.7. The van der Waals surface area contributed by atoms with Crippen molar-refractivity contribution in [1.29, 1.82) is 0 Å². The van der Waals surface area contributed by atoms with E-state index in [9.17, 15) is 4.39 Å². The summed E-state index contributed by atoms with van der Waals surface area (Å²) >= 11 is 0. The van der Waals surface area contributed by atoms with Crippen molar-refractivity contribution < 1.29 is 8.78 Å². The first kappa shape index (κ1) is 18.4. The van der Waals surface area contributed by atoms with E-state index in [1.54, 1.807) is 18.2 Å².